The van der Waals surface area contributed by atoms with Crippen molar-refractivity contribution in [2.75, 3.05) is 45.8 Å². The second-order valence-electron chi connectivity index (χ2n) is 5.19. The van der Waals surface area contributed by atoms with Gasteiger partial charge in [0.15, 0.2) is 0 Å². The first-order chi connectivity index (χ1) is 10.4. The van der Waals surface area contributed by atoms with Gasteiger partial charge in [0, 0.05) is 39.3 Å². The zero-order chi connectivity index (χ0) is 16.2. The fourth-order valence-corrected chi connectivity index (χ4v) is 2.46. The van der Waals surface area contributed by atoms with Crippen molar-refractivity contribution in [3.8, 4) is 0 Å². The Hall–Kier alpha value is -1.54. The average molecular weight is 319 g/mol. The van der Waals surface area contributed by atoms with Crippen LogP contribution in [0.3, 0.4) is 0 Å². The van der Waals surface area contributed by atoms with E-state index in [-0.39, 0.29) is 0 Å². The standard InChI is InChI=1S/C14H20F3N3O2/c1-2-19-6-8-20(9-7-19)5-4-18-13(21)11-3-10-22-12(11)14(15,16)17/h3,10H,2,4-9H2,1H3,(H,18,21). The van der Waals surface area contributed by atoms with Gasteiger partial charge < -0.3 is 14.6 Å². The minimum absolute atomic E-state index is 0.313. The predicted molar refractivity (Wildman–Crippen MR) is 74.6 cm³/mol. The number of likely N-dealkylation sites (N-methyl/N-ethyl adjacent to an activating group) is 1. The maximum absolute atomic E-state index is 12.6. The molecule has 1 aromatic heterocycles. The van der Waals surface area contributed by atoms with Gasteiger partial charge in [-0.25, -0.2) is 0 Å². The van der Waals surface area contributed by atoms with Crippen LogP contribution < -0.4 is 5.32 Å². The molecule has 1 aliphatic heterocycles. The van der Waals surface area contributed by atoms with Gasteiger partial charge in [0.2, 0.25) is 5.76 Å². The summed E-state index contributed by atoms with van der Waals surface area (Å²) in [5.74, 6) is -2.00. The Morgan fingerprint density at radius 3 is 2.50 bits per heavy atom. The van der Waals surface area contributed by atoms with E-state index >= 15 is 0 Å². The molecule has 2 rings (SSSR count). The molecule has 8 heteroatoms. The normalized spacial score (nSPS) is 17.6. The van der Waals surface area contributed by atoms with Crippen molar-refractivity contribution in [2.45, 2.75) is 13.1 Å². The molecule has 1 saturated heterocycles. The van der Waals surface area contributed by atoms with Crippen LogP contribution in [0, 0.1) is 0 Å². The van der Waals surface area contributed by atoms with E-state index in [9.17, 15) is 18.0 Å². The van der Waals surface area contributed by atoms with Gasteiger partial charge in [-0.15, -0.1) is 0 Å². The number of nitrogens with zero attached hydrogens (tertiary/aromatic N) is 2. The Balaban J connectivity index is 1.78. The molecule has 0 spiro atoms. The molecular formula is C14H20F3N3O2. The van der Waals surface area contributed by atoms with Crippen LogP contribution in [0.15, 0.2) is 16.7 Å². The van der Waals surface area contributed by atoms with Crippen molar-refractivity contribution in [1.29, 1.82) is 0 Å². The third kappa shape index (κ3) is 4.23. The van der Waals surface area contributed by atoms with Crippen molar-refractivity contribution in [2.24, 2.45) is 0 Å². The Morgan fingerprint density at radius 1 is 1.27 bits per heavy atom. The number of hydrogen-bond acceptors (Lipinski definition) is 4. The Kier molecular flexibility index (Phi) is 5.47. The number of carbonyl (C=O) groups is 1. The Labute approximate surface area is 127 Å². The molecule has 0 atom stereocenters. The van der Waals surface area contributed by atoms with Crippen LogP contribution in [-0.4, -0.2) is 61.5 Å². The first-order valence-corrected chi connectivity index (χ1v) is 7.29. The molecule has 22 heavy (non-hydrogen) atoms. The third-order valence-electron chi connectivity index (χ3n) is 3.79. The van der Waals surface area contributed by atoms with Gasteiger partial charge in [-0.2, -0.15) is 13.2 Å². The third-order valence-corrected chi connectivity index (χ3v) is 3.79. The molecule has 1 amide bonds. The Bertz CT molecular complexity index is 494. The summed E-state index contributed by atoms with van der Waals surface area (Å²) in [6, 6.07) is 1.04. The van der Waals surface area contributed by atoms with Crippen LogP contribution in [-0.2, 0) is 6.18 Å². The van der Waals surface area contributed by atoms with Crippen LogP contribution in [0.1, 0.15) is 23.0 Å². The van der Waals surface area contributed by atoms with Gasteiger partial charge >= 0.3 is 6.18 Å². The van der Waals surface area contributed by atoms with Crippen LogP contribution >= 0.6 is 0 Å². The van der Waals surface area contributed by atoms with E-state index in [1.165, 1.54) is 0 Å². The monoisotopic (exact) mass is 319 g/mol. The zero-order valence-corrected chi connectivity index (χ0v) is 12.4. The van der Waals surface area contributed by atoms with Gasteiger partial charge in [-0.1, -0.05) is 6.92 Å². The number of nitrogens with one attached hydrogen (secondary N) is 1. The molecular weight excluding hydrogens is 299 g/mol. The molecule has 1 aromatic rings. The number of carbonyl (C=O) groups excluding carboxylic acids is 1. The van der Waals surface area contributed by atoms with Gasteiger partial charge in [-0.05, 0) is 12.6 Å². The topological polar surface area (TPSA) is 48.7 Å². The largest absolute Gasteiger partial charge is 0.459 e. The quantitative estimate of drug-likeness (QED) is 0.897. The minimum Gasteiger partial charge on any atom is -0.459 e. The molecule has 0 aromatic carbocycles. The number of amides is 1. The number of piperazine rings is 1. The van der Waals surface area contributed by atoms with Crippen molar-refractivity contribution < 1.29 is 22.4 Å². The predicted octanol–water partition coefficient (Wildman–Crippen LogP) is 1.67. The van der Waals surface area contributed by atoms with Crippen molar-refractivity contribution >= 4 is 5.91 Å². The summed E-state index contributed by atoms with van der Waals surface area (Å²) >= 11 is 0. The van der Waals surface area contributed by atoms with Crippen molar-refractivity contribution in [1.82, 2.24) is 15.1 Å². The first kappa shape index (κ1) is 16.8. The molecule has 1 N–H and O–H groups in total. The smallest absolute Gasteiger partial charge is 0.450 e. The molecule has 0 radical (unpaired) electrons. The van der Waals surface area contributed by atoms with Gasteiger partial charge in [0.25, 0.3) is 5.91 Å². The van der Waals surface area contributed by atoms with Crippen molar-refractivity contribution in [3.63, 3.8) is 0 Å². The van der Waals surface area contributed by atoms with Gasteiger partial charge in [0.1, 0.15) is 0 Å². The van der Waals surface area contributed by atoms with E-state index < -0.39 is 23.4 Å². The zero-order valence-electron chi connectivity index (χ0n) is 12.4. The summed E-state index contributed by atoms with van der Waals surface area (Å²) in [7, 11) is 0. The molecule has 0 bridgehead atoms. The molecule has 124 valence electrons. The van der Waals surface area contributed by atoms with Crippen LogP contribution in [0.25, 0.3) is 0 Å². The molecule has 2 heterocycles. The number of halogens is 3. The molecule has 1 fully saturated rings. The van der Waals surface area contributed by atoms with E-state index in [0.29, 0.717) is 13.1 Å². The highest BCUT2D eigenvalue weighted by atomic mass is 19.4. The second-order valence-corrected chi connectivity index (χ2v) is 5.19. The van der Waals surface area contributed by atoms with E-state index in [2.05, 4.69) is 26.5 Å². The summed E-state index contributed by atoms with van der Waals surface area (Å²) in [5.41, 5.74) is -0.469. The highest BCUT2D eigenvalue weighted by Crippen LogP contribution is 2.32. The molecule has 0 saturated carbocycles. The first-order valence-electron chi connectivity index (χ1n) is 7.29. The van der Waals surface area contributed by atoms with E-state index in [4.69, 9.17) is 0 Å². The van der Waals surface area contributed by atoms with Gasteiger partial charge in [-0.3, -0.25) is 9.69 Å². The lowest BCUT2D eigenvalue weighted by Crippen LogP contribution is -2.48. The second kappa shape index (κ2) is 7.15. The molecule has 0 aliphatic carbocycles. The highest BCUT2D eigenvalue weighted by molar-refractivity contribution is 5.95. The highest BCUT2D eigenvalue weighted by Gasteiger charge is 2.39. The lowest BCUT2D eigenvalue weighted by molar-refractivity contribution is -0.153. The van der Waals surface area contributed by atoms with Crippen LogP contribution in [0.4, 0.5) is 13.2 Å². The van der Waals surface area contributed by atoms with E-state index in [1.54, 1.807) is 0 Å². The maximum Gasteiger partial charge on any atom is 0.450 e. The minimum atomic E-state index is -4.66. The molecule has 1 aliphatic rings. The molecule has 0 unspecified atom stereocenters. The summed E-state index contributed by atoms with van der Waals surface area (Å²) < 4.78 is 42.3. The average Bonchev–Trinajstić information content (AvgIpc) is 2.97. The maximum atomic E-state index is 12.6. The van der Waals surface area contributed by atoms with Crippen molar-refractivity contribution in [3.05, 3.63) is 23.7 Å². The Morgan fingerprint density at radius 2 is 1.91 bits per heavy atom. The summed E-state index contributed by atoms with van der Waals surface area (Å²) in [5, 5.41) is 2.52. The van der Waals surface area contributed by atoms with E-state index in [0.717, 1.165) is 45.1 Å². The number of hydrogen-bond donors (Lipinski definition) is 1. The number of furan rings is 1. The van der Waals surface area contributed by atoms with Gasteiger partial charge in [0.05, 0.1) is 11.8 Å². The summed E-state index contributed by atoms with van der Waals surface area (Å²) in [6.07, 6.45) is -3.78. The van der Waals surface area contributed by atoms with E-state index in [1.807, 2.05) is 0 Å². The number of rotatable bonds is 5. The lowest BCUT2D eigenvalue weighted by Gasteiger charge is -2.33. The lowest BCUT2D eigenvalue weighted by atomic mass is 10.2. The SMILES string of the molecule is CCN1CCN(CCNC(=O)c2ccoc2C(F)(F)F)CC1. The summed E-state index contributed by atoms with van der Waals surface area (Å²) in [6.45, 7) is 7.83. The van der Waals surface area contributed by atoms with Crippen LogP contribution in [0.5, 0.6) is 0 Å². The van der Waals surface area contributed by atoms with Crippen LogP contribution in [0.2, 0.25) is 0 Å². The summed E-state index contributed by atoms with van der Waals surface area (Å²) in [4.78, 5) is 16.3. The number of alkyl halides is 3. The fourth-order valence-electron chi connectivity index (χ4n) is 2.46. The fraction of sp³-hybridized carbons (Fsp3) is 0.643. The molecule has 5 nitrogen and oxygen atoms in total.